The maximum Gasteiger partial charge on any atom is 0.340 e. The number of ether oxygens (including phenoxy) is 5. The Morgan fingerprint density at radius 3 is 2.00 bits per heavy atom. The number of phenols is 1. The summed E-state index contributed by atoms with van der Waals surface area (Å²) in [5.74, 6) is -1.11. The van der Waals surface area contributed by atoms with Crippen LogP contribution in [0.2, 0.25) is 0 Å². The summed E-state index contributed by atoms with van der Waals surface area (Å²) in [4.78, 5) is 87.9. The van der Waals surface area contributed by atoms with Gasteiger partial charge in [0.25, 0.3) is 11.6 Å². The summed E-state index contributed by atoms with van der Waals surface area (Å²) in [6.45, 7) is 4.36. The summed E-state index contributed by atoms with van der Waals surface area (Å²) < 4.78 is 29.5. The number of nitrogens with zero attached hydrogens (tertiary/aromatic N) is 1. The van der Waals surface area contributed by atoms with E-state index in [2.05, 4.69) is 10.6 Å². The predicted octanol–water partition coefficient (Wildman–Crippen LogP) is 8.77. The number of hydrogen-bond donors (Lipinski definition) is 3. The molecule has 1 spiro atoms. The fraction of sp³-hybridized carbons (Fsp3) is 0.200. The number of hydrogen-bond acceptors (Lipinski definition) is 15. The molecule has 0 aromatic heterocycles. The topological polar surface area (TPSA) is 236 Å². The van der Waals surface area contributed by atoms with Crippen molar-refractivity contribution in [3.8, 4) is 17.2 Å². The van der Waals surface area contributed by atoms with Gasteiger partial charge in [0.2, 0.25) is 11.0 Å². The number of anilines is 1. The van der Waals surface area contributed by atoms with Crippen LogP contribution in [0.1, 0.15) is 88.7 Å². The lowest BCUT2D eigenvalue weighted by atomic mass is 9.76. The van der Waals surface area contributed by atoms with Gasteiger partial charge in [-0.3, -0.25) is 34.1 Å². The molecule has 2 heterocycles. The van der Waals surface area contributed by atoms with Crippen LogP contribution in [0.25, 0.3) is 6.08 Å². The van der Waals surface area contributed by atoms with Gasteiger partial charge in [-0.2, -0.15) is 0 Å². The number of rotatable bonds is 21. The lowest BCUT2D eigenvalue weighted by Crippen LogP contribution is -2.34. The van der Waals surface area contributed by atoms with Crippen LogP contribution in [0.15, 0.2) is 132 Å². The Kier molecular flexibility index (Phi) is 16.0. The summed E-state index contributed by atoms with van der Waals surface area (Å²) in [5, 5.41) is 26.3. The first kappa shape index (κ1) is 51.1. The minimum Gasteiger partial charge on any atom is -0.508 e. The monoisotopic (exact) mass is 1010 g/mol. The number of non-ortho nitro benzene ring substituents is 1. The predicted molar refractivity (Wildman–Crippen MR) is 268 cm³/mol. The van der Waals surface area contributed by atoms with Crippen molar-refractivity contribution in [3.05, 3.63) is 193 Å². The zero-order valence-electron chi connectivity index (χ0n) is 39.5. The van der Waals surface area contributed by atoms with E-state index in [1.165, 1.54) is 62.4 Å². The van der Waals surface area contributed by atoms with Gasteiger partial charge in [-0.15, -0.1) is 0 Å². The maximum absolute atomic E-state index is 13.5. The number of fused-ring (bicyclic) bond motifs is 6. The number of nitro groups is 1. The highest BCUT2D eigenvalue weighted by atomic mass is 32.2. The standard InChI is InChI=1S/C55H47N3O14S/c1-33(59)37-7-18-46-49(30-37)71-50-31-38(34(2)60)8-19-47(50)55(46)48-29-39(6-17-45(48)54(65)72-55)53(64)56-21-22-68-23-24-69-25-26-70-32-40-28-43(61)14-5-36(40)9-20-52(63)73-44-15-3-35(4-16-44)27-51(62)57-41-10-12-42(13-11-41)58(66)67/h3-20,28-31,61H,21-27,32H2,1-2H3,(H,56,64)(H,57,62)/b20-9+. The Bertz CT molecular complexity index is 3110. The van der Waals surface area contributed by atoms with Crippen molar-refractivity contribution in [1.29, 1.82) is 0 Å². The van der Waals surface area contributed by atoms with E-state index in [0.717, 1.165) is 17.3 Å². The number of nitro benzene ring substituents is 1. The molecule has 0 bridgehead atoms. The third-order valence-electron chi connectivity index (χ3n) is 11.8. The van der Waals surface area contributed by atoms with E-state index < -0.39 is 22.4 Å². The molecule has 8 rings (SSSR count). The van der Waals surface area contributed by atoms with Gasteiger partial charge < -0.3 is 39.4 Å². The van der Waals surface area contributed by atoms with Crippen molar-refractivity contribution in [2.75, 3.05) is 44.9 Å². The van der Waals surface area contributed by atoms with Crippen molar-refractivity contribution in [1.82, 2.24) is 5.32 Å². The molecule has 2 amide bonds. The van der Waals surface area contributed by atoms with E-state index in [-0.39, 0.29) is 109 Å². The number of Topliss-reactive ketones (excluding diaryl/α,β-unsaturated/α-hetero) is 2. The highest BCUT2D eigenvalue weighted by Crippen LogP contribution is 2.56. The van der Waals surface area contributed by atoms with Gasteiger partial charge in [-0.05, 0) is 127 Å². The molecule has 0 atom stereocenters. The molecule has 17 nitrogen and oxygen atoms in total. The van der Waals surface area contributed by atoms with Crippen molar-refractivity contribution in [2.45, 2.75) is 37.4 Å². The highest BCUT2D eigenvalue weighted by Gasteiger charge is 2.54. The van der Waals surface area contributed by atoms with Crippen LogP contribution >= 0.6 is 11.8 Å². The Labute approximate surface area is 422 Å². The van der Waals surface area contributed by atoms with E-state index in [4.69, 9.17) is 23.7 Å². The van der Waals surface area contributed by atoms with Crippen molar-refractivity contribution in [3.63, 3.8) is 0 Å². The molecular formula is C55H47N3O14S. The molecule has 18 heteroatoms. The first-order valence-electron chi connectivity index (χ1n) is 22.9. The second-order valence-corrected chi connectivity index (χ2v) is 17.9. The Hall–Kier alpha value is -8.29. The Balaban J connectivity index is 0.754. The molecule has 0 unspecified atom stereocenters. The summed E-state index contributed by atoms with van der Waals surface area (Å²) in [6, 6.07) is 31.7. The van der Waals surface area contributed by atoms with E-state index in [1.54, 1.807) is 84.9 Å². The molecule has 73 heavy (non-hydrogen) atoms. The average molecular weight is 1010 g/mol. The molecule has 372 valence electrons. The van der Waals surface area contributed by atoms with Crippen molar-refractivity contribution in [2.24, 2.45) is 0 Å². The summed E-state index contributed by atoms with van der Waals surface area (Å²) in [5.41, 5.74) is 3.51. The fourth-order valence-corrected chi connectivity index (χ4v) is 8.82. The minimum atomic E-state index is -1.52. The number of benzene rings is 6. The van der Waals surface area contributed by atoms with Gasteiger partial charge in [-0.1, -0.05) is 36.4 Å². The molecule has 3 N–H and O–H groups in total. The number of thioether (sulfide) groups is 1. The zero-order valence-corrected chi connectivity index (χ0v) is 40.3. The molecule has 0 fully saturated rings. The average Bonchev–Trinajstić information content (AvgIpc) is 3.66. The van der Waals surface area contributed by atoms with Crippen molar-refractivity contribution < 1.29 is 62.5 Å². The number of ketones is 2. The largest absolute Gasteiger partial charge is 0.508 e. The Morgan fingerprint density at radius 2 is 1.36 bits per heavy atom. The van der Waals surface area contributed by atoms with Crippen LogP contribution in [-0.4, -0.2) is 84.1 Å². The molecule has 0 radical (unpaired) electrons. The molecular weight excluding hydrogens is 959 g/mol. The van der Waals surface area contributed by atoms with E-state index in [9.17, 15) is 44.0 Å². The van der Waals surface area contributed by atoms with Crippen LogP contribution in [0.5, 0.6) is 17.2 Å². The third kappa shape index (κ3) is 12.1. The molecule has 6 aromatic rings. The smallest absolute Gasteiger partial charge is 0.340 e. The number of carbonyl (C=O) groups excluding carboxylic acids is 6. The second-order valence-electron chi connectivity index (χ2n) is 16.8. The summed E-state index contributed by atoms with van der Waals surface area (Å²) in [7, 11) is 0. The SMILES string of the molecule is CC(=O)c1ccc2c(c1)Oc1cc(C(C)=O)ccc1C21OC(=O)c2ccc(C(=O)NCCOCCOCCOCc3cc(O)ccc3/C=C/C(=O)Sc3ccc(CC(=O)Nc4ccc([N+](=O)[O-])cc4)cc3)cc21. The van der Waals surface area contributed by atoms with Gasteiger partial charge in [0, 0.05) is 62.6 Å². The van der Waals surface area contributed by atoms with Crippen LogP contribution < -0.4 is 15.4 Å². The Morgan fingerprint density at radius 1 is 0.726 bits per heavy atom. The molecule has 0 saturated carbocycles. The number of amides is 2. The minimum absolute atomic E-state index is 0.0402. The lowest BCUT2D eigenvalue weighted by Gasteiger charge is -2.37. The normalized spacial score (nSPS) is 12.8. The van der Waals surface area contributed by atoms with E-state index in [0.29, 0.717) is 49.5 Å². The molecule has 2 aliphatic heterocycles. The van der Waals surface area contributed by atoms with Gasteiger partial charge in [0.15, 0.2) is 17.2 Å². The maximum atomic E-state index is 13.5. The number of esters is 1. The van der Waals surface area contributed by atoms with Gasteiger partial charge in [-0.25, -0.2) is 4.79 Å². The molecule has 2 aliphatic rings. The first-order valence-corrected chi connectivity index (χ1v) is 23.7. The van der Waals surface area contributed by atoms with Crippen LogP contribution in [0.4, 0.5) is 11.4 Å². The van der Waals surface area contributed by atoms with Crippen LogP contribution in [0.3, 0.4) is 0 Å². The van der Waals surface area contributed by atoms with Crippen LogP contribution in [-0.2, 0) is 47.2 Å². The van der Waals surface area contributed by atoms with Crippen LogP contribution in [0, 0.1) is 10.1 Å². The molecule has 0 saturated heterocycles. The zero-order chi connectivity index (χ0) is 51.6. The summed E-state index contributed by atoms with van der Waals surface area (Å²) in [6.07, 6.45) is 3.14. The van der Waals surface area contributed by atoms with E-state index >= 15 is 0 Å². The first-order chi connectivity index (χ1) is 35.2. The van der Waals surface area contributed by atoms with Gasteiger partial charge >= 0.3 is 5.97 Å². The van der Waals surface area contributed by atoms with Crippen molar-refractivity contribution >= 4 is 63.7 Å². The molecule has 6 aromatic carbocycles. The number of aromatic hydroxyl groups is 1. The molecule has 0 aliphatic carbocycles. The second kappa shape index (κ2) is 22.9. The van der Waals surface area contributed by atoms with Gasteiger partial charge in [0.05, 0.1) is 56.5 Å². The fourth-order valence-electron chi connectivity index (χ4n) is 8.18. The number of phenolic OH excluding ortho intramolecular Hbond substituents is 1. The number of nitrogens with one attached hydrogen (secondary N) is 2. The van der Waals surface area contributed by atoms with E-state index in [1.807, 2.05) is 0 Å². The van der Waals surface area contributed by atoms with Gasteiger partial charge in [0.1, 0.15) is 17.2 Å². The quantitative estimate of drug-likeness (QED) is 0.0116. The lowest BCUT2D eigenvalue weighted by molar-refractivity contribution is -0.384. The number of carbonyl (C=O) groups is 6. The highest BCUT2D eigenvalue weighted by molar-refractivity contribution is 8.14. The summed E-state index contributed by atoms with van der Waals surface area (Å²) >= 11 is 1.01. The third-order valence-corrected chi connectivity index (χ3v) is 12.7.